The summed E-state index contributed by atoms with van der Waals surface area (Å²) in [6, 6.07) is 14.9. The Bertz CT molecular complexity index is 1050. The number of hydrogen-bond donors (Lipinski definition) is 1. The normalized spacial score (nSPS) is 21.1. The Morgan fingerprint density at radius 3 is 2.27 bits per heavy atom. The van der Waals surface area contributed by atoms with Gasteiger partial charge in [-0.05, 0) is 74.0 Å². The second-order valence-electron chi connectivity index (χ2n) is 11.1. The lowest BCUT2D eigenvalue weighted by molar-refractivity contribution is -0.274. The standard InChI is InChI=1S/C30H39F3N2O3.2ClH/c31-30(32,33)38-25-8-6-7-24(21-25)27(29(36)13-4-1-5-14-29)22-34-15-11-23(12-16-34)26-9-2-3-10-28(26)35-17-19-37-20-18-35;;/h2-3,6-10,21,23,27,36H,1,4-5,11-20,22H2;2*1H. The average Bonchev–Trinajstić information content (AvgIpc) is 2.92. The lowest BCUT2D eigenvalue weighted by Crippen LogP contribution is -2.46. The molecule has 2 aromatic carbocycles. The van der Waals surface area contributed by atoms with Crippen molar-refractivity contribution in [3.8, 4) is 5.75 Å². The molecule has 3 aliphatic rings. The Morgan fingerprint density at radius 1 is 0.925 bits per heavy atom. The van der Waals surface area contributed by atoms with Crippen LogP contribution < -0.4 is 9.64 Å². The second kappa shape index (κ2) is 14.5. The first kappa shape index (κ1) is 32.8. The van der Waals surface area contributed by atoms with E-state index < -0.39 is 12.0 Å². The van der Waals surface area contributed by atoms with Gasteiger partial charge in [-0.1, -0.05) is 49.6 Å². The molecule has 1 N–H and O–H groups in total. The molecule has 1 atom stereocenters. The lowest BCUT2D eigenvalue weighted by Gasteiger charge is -2.43. The van der Waals surface area contributed by atoms with Crippen LogP contribution in [0.25, 0.3) is 0 Å². The number of anilines is 1. The number of para-hydroxylation sites is 1. The number of ether oxygens (including phenoxy) is 2. The summed E-state index contributed by atoms with van der Waals surface area (Å²) in [5.74, 6) is -0.0281. The summed E-state index contributed by atoms with van der Waals surface area (Å²) < 4.78 is 48.5. The molecule has 0 amide bonds. The number of rotatable bonds is 7. The second-order valence-corrected chi connectivity index (χ2v) is 11.1. The Balaban J connectivity index is 0.00000220. The van der Waals surface area contributed by atoms with E-state index in [1.54, 1.807) is 6.07 Å². The third kappa shape index (κ3) is 8.19. The summed E-state index contributed by atoms with van der Waals surface area (Å²) in [6.07, 6.45) is 1.60. The van der Waals surface area contributed by atoms with Crippen molar-refractivity contribution in [2.24, 2.45) is 0 Å². The van der Waals surface area contributed by atoms with E-state index in [0.29, 0.717) is 25.3 Å². The summed E-state index contributed by atoms with van der Waals surface area (Å²) in [6.45, 7) is 5.75. The first-order valence-corrected chi connectivity index (χ1v) is 14.0. The lowest BCUT2D eigenvalue weighted by atomic mass is 9.72. The van der Waals surface area contributed by atoms with Gasteiger partial charge in [-0.2, -0.15) is 0 Å². The predicted octanol–water partition coefficient (Wildman–Crippen LogP) is 6.92. The van der Waals surface area contributed by atoms with Crippen molar-refractivity contribution in [1.29, 1.82) is 0 Å². The third-order valence-corrected chi connectivity index (χ3v) is 8.62. The van der Waals surface area contributed by atoms with Crippen molar-refractivity contribution in [1.82, 2.24) is 4.90 Å². The number of piperidine rings is 1. The highest BCUT2D eigenvalue weighted by molar-refractivity contribution is 5.85. The number of aliphatic hydroxyl groups is 1. The number of hydrogen-bond acceptors (Lipinski definition) is 5. The van der Waals surface area contributed by atoms with Gasteiger partial charge in [0.25, 0.3) is 0 Å². The highest BCUT2D eigenvalue weighted by atomic mass is 35.5. The van der Waals surface area contributed by atoms with Crippen LogP contribution in [0.1, 0.15) is 67.9 Å². The average molecular weight is 606 g/mol. The zero-order chi connectivity index (χ0) is 26.6. The molecule has 2 aromatic rings. The molecule has 5 nitrogen and oxygen atoms in total. The maximum atomic E-state index is 12.9. The summed E-state index contributed by atoms with van der Waals surface area (Å²) >= 11 is 0. The zero-order valence-corrected chi connectivity index (χ0v) is 24.4. The Kier molecular flexibility index (Phi) is 11.9. The number of benzene rings is 2. The minimum Gasteiger partial charge on any atom is -0.406 e. The number of likely N-dealkylation sites (tertiary alicyclic amines) is 1. The maximum Gasteiger partial charge on any atom is 0.573 e. The van der Waals surface area contributed by atoms with Gasteiger partial charge in [-0.25, -0.2) is 0 Å². The predicted molar refractivity (Wildman–Crippen MR) is 156 cm³/mol. The third-order valence-electron chi connectivity index (χ3n) is 8.62. The van der Waals surface area contributed by atoms with E-state index in [1.165, 1.54) is 23.4 Å². The molecular weight excluding hydrogens is 564 g/mol. The van der Waals surface area contributed by atoms with Gasteiger partial charge >= 0.3 is 6.36 Å². The topological polar surface area (TPSA) is 45.2 Å². The monoisotopic (exact) mass is 604 g/mol. The first-order chi connectivity index (χ1) is 18.3. The maximum absolute atomic E-state index is 12.9. The molecule has 0 radical (unpaired) electrons. The molecule has 10 heteroatoms. The van der Waals surface area contributed by atoms with Crippen LogP contribution in [0.4, 0.5) is 18.9 Å². The smallest absolute Gasteiger partial charge is 0.406 e. The summed E-state index contributed by atoms with van der Waals surface area (Å²) in [7, 11) is 0. The van der Waals surface area contributed by atoms with E-state index in [9.17, 15) is 18.3 Å². The molecule has 5 rings (SSSR count). The molecule has 2 saturated heterocycles. The quantitative estimate of drug-likeness (QED) is 0.371. The molecule has 1 saturated carbocycles. The largest absolute Gasteiger partial charge is 0.573 e. The van der Waals surface area contributed by atoms with Crippen molar-refractivity contribution in [3.63, 3.8) is 0 Å². The Labute approximate surface area is 247 Å². The number of halogens is 5. The molecule has 2 aliphatic heterocycles. The van der Waals surface area contributed by atoms with Crippen LogP contribution in [0.3, 0.4) is 0 Å². The molecule has 1 unspecified atom stereocenters. The molecule has 1 aliphatic carbocycles. The van der Waals surface area contributed by atoms with Gasteiger partial charge in [-0.3, -0.25) is 0 Å². The van der Waals surface area contributed by atoms with Crippen LogP contribution in [0, 0.1) is 0 Å². The fourth-order valence-electron chi connectivity index (χ4n) is 6.64. The van der Waals surface area contributed by atoms with Crippen LogP contribution in [0.5, 0.6) is 5.75 Å². The van der Waals surface area contributed by atoms with Gasteiger partial charge in [0.1, 0.15) is 5.75 Å². The highest BCUT2D eigenvalue weighted by Crippen LogP contribution is 2.43. The molecule has 2 heterocycles. The van der Waals surface area contributed by atoms with Crippen LogP contribution >= 0.6 is 24.8 Å². The van der Waals surface area contributed by atoms with Crippen LogP contribution in [-0.4, -0.2) is 67.9 Å². The summed E-state index contributed by atoms with van der Waals surface area (Å²) in [5.41, 5.74) is 2.50. The van der Waals surface area contributed by atoms with Crippen molar-refractivity contribution in [2.75, 3.05) is 50.8 Å². The number of alkyl halides is 3. The van der Waals surface area contributed by atoms with E-state index in [1.807, 2.05) is 6.07 Å². The molecule has 0 aromatic heterocycles. The van der Waals surface area contributed by atoms with Crippen molar-refractivity contribution < 1.29 is 27.8 Å². The van der Waals surface area contributed by atoms with Gasteiger partial charge in [0, 0.05) is 31.2 Å². The van der Waals surface area contributed by atoms with Gasteiger partial charge < -0.3 is 24.4 Å². The van der Waals surface area contributed by atoms with Crippen molar-refractivity contribution >= 4 is 30.5 Å². The molecule has 0 spiro atoms. The van der Waals surface area contributed by atoms with E-state index in [0.717, 1.165) is 77.1 Å². The molecule has 3 fully saturated rings. The van der Waals surface area contributed by atoms with E-state index >= 15 is 0 Å². The fourth-order valence-corrected chi connectivity index (χ4v) is 6.64. The SMILES string of the molecule is Cl.Cl.OC1(C(CN2CCC(c3ccccc3N3CCOCC3)CC2)c2cccc(OC(F)(F)F)c2)CCCCC1. The number of morpholine rings is 1. The molecular formula is C30H41Cl2F3N2O3. The van der Waals surface area contributed by atoms with E-state index in [-0.39, 0.29) is 36.5 Å². The highest BCUT2D eigenvalue weighted by Gasteiger charge is 2.41. The fraction of sp³-hybridized carbons (Fsp3) is 0.600. The summed E-state index contributed by atoms with van der Waals surface area (Å²) in [4.78, 5) is 4.82. The van der Waals surface area contributed by atoms with E-state index in [2.05, 4.69) is 38.8 Å². The molecule has 0 bridgehead atoms. The van der Waals surface area contributed by atoms with Crippen LogP contribution in [0.2, 0.25) is 0 Å². The molecule has 40 heavy (non-hydrogen) atoms. The van der Waals surface area contributed by atoms with Gasteiger partial charge in [0.05, 0.1) is 18.8 Å². The summed E-state index contributed by atoms with van der Waals surface area (Å²) in [5, 5.41) is 11.7. The van der Waals surface area contributed by atoms with Crippen LogP contribution in [0.15, 0.2) is 48.5 Å². The van der Waals surface area contributed by atoms with Gasteiger partial charge in [0.2, 0.25) is 0 Å². The van der Waals surface area contributed by atoms with Gasteiger partial charge in [0.15, 0.2) is 0 Å². The van der Waals surface area contributed by atoms with E-state index in [4.69, 9.17) is 4.74 Å². The number of nitrogens with zero attached hydrogens (tertiary/aromatic N) is 2. The van der Waals surface area contributed by atoms with Crippen molar-refractivity contribution in [3.05, 3.63) is 59.7 Å². The Morgan fingerprint density at radius 2 is 1.60 bits per heavy atom. The minimum atomic E-state index is -4.74. The molecule has 224 valence electrons. The first-order valence-electron chi connectivity index (χ1n) is 14.0. The minimum absolute atomic E-state index is 0. The van der Waals surface area contributed by atoms with Gasteiger partial charge in [-0.15, -0.1) is 38.0 Å². The van der Waals surface area contributed by atoms with Crippen molar-refractivity contribution in [2.45, 2.75) is 68.7 Å². The van der Waals surface area contributed by atoms with Crippen LogP contribution in [-0.2, 0) is 4.74 Å². The Hall–Kier alpha value is -1.71. The zero-order valence-electron chi connectivity index (χ0n) is 22.8.